The first-order valence-corrected chi connectivity index (χ1v) is 5.74. The number of ether oxygens (including phenoxy) is 2. The molecule has 0 fully saturated rings. The van der Waals surface area contributed by atoms with E-state index in [4.69, 9.17) is 15.2 Å². The Kier molecular flexibility index (Phi) is 5.04. The monoisotopic (exact) mass is 235 g/mol. The summed E-state index contributed by atoms with van der Waals surface area (Å²) in [5.74, 6) is 1.47. The van der Waals surface area contributed by atoms with E-state index in [-0.39, 0.29) is 6.04 Å². The van der Waals surface area contributed by atoms with Crippen LogP contribution in [0, 0.1) is 0 Å². The molecule has 1 atom stereocenters. The van der Waals surface area contributed by atoms with Crippen molar-refractivity contribution in [3.63, 3.8) is 0 Å². The number of hydrogen-bond donors (Lipinski definition) is 1. The van der Waals surface area contributed by atoms with Crippen molar-refractivity contribution in [2.75, 3.05) is 13.7 Å². The zero-order valence-electron chi connectivity index (χ0n) is 11.0. The molecule has 2 N–H and O–H groups in total. The maximum Gasteiger partial charge on any atom is 0.161 e. The van der Waals surface area contributed by atoms with E-state index in [1.807, 2.05) is 45.0 Å². The van der Waals surface area contributed by atoms with Gasteiger partial charge in [-0.05, 0) is 44.5 Å². The molecule has 1 rings (SSSR count). The summed E-state index contributed by atoms with van der Waals surface area (Å²) in [7, 11) is 1.63. The lowest BCUT2D eigenvalue weighted by atomic mass is 10.1. The molecule has 1 aromatic carbocycles. The van der Waals surface area contributed by atoms with Crippen molar-refractivity contribution in [1.82, 2.24) is 0 Å². The number of hydrogen-bond acceptors (Lipinski definition) is 3. The van der Waals surface area contributed by atoms with Crippen molar-refractivity contribution in [2.24, 2.45) is 5.73 Å². The molecule has 3 heteroatoms. The standard InChI is InChI=1S/C14H21NO2/c1-10(2)7-8-17-13-6-5-12(11(3)15)9-14(13)16-4/h5-7,9,11H,8,15H2,1-4H3/t11-/m0/s1. The number of benzene rings is 1. The summed E-state index contributed by atoms with van der Waals surface area (Å²) in [4.78, 5) is 0. The number of allylic oxidation sites excluding steroid dienone is 1. The van der Waals surface area contributed by atoms with Crippen LogP contribution in [-0.4, -0.2) is 13.7 Å². The molecule has 1 aromatic rings. The van der Waals surface area contributed by atoms with Crippen LogP contribution in [0.2, 0.25) is 0 Å². The van der Waals surface area contributed by atoms with Crippen molar-refractivity contribution < 1.29 is 9.47 Å². The smallest absolute Gasteiger partial charge is 0.161 e. The zero-order valence-corrected chi connectivity index (χ0v) is 11.0. The lowest BCUT2D eigenvalue weighted by Crippen LogP contribution is -2.05. The Labute approximate surface area is 103 Å². The fraction of sp³-hybridized carbons (Fsp3) is 0.429. The van der Waals surface area contributed by atoms with E-state index in [9.17, 15) is 0 Å². The highest BCUT2D eigenvalue weighted by molar-refractivity contribution is 5.43. The molecule has 0 saturated heterocycles. The summed E-state index contributed by atoms with van der Waals surface area (Å²) in [6.45, 7) is 6.58. The van der Waals surface area contributed by atoms with Gasteiger partial charge in [0, 0.05) is 6.04 Å². The highest BCUT2D eigenvalue weighted by atomic mass is 16.5. The van der Waals surface area contributed by atoms with Crippen LogP contribution in [0.1, 0.15) is 32.4 Å². The number of nitrogens with two attached hydrogens (primary N) is 1. The summed E-state index contributed by atoms with van der Waals surface area (Å²) < 4.78 is 10.9. The summed E-state index contributed by atoms with van der Waals surface area (Å²) in [5, 5.41) is 0. The number of methoxy groups -OCH3 is 1. The van der Waals surface area contributed by atoms with Crippen molar-refractivity contribution >= 4 is 0 Å². The molecule has 0 bridgehead atoms. The van der Waals surface area contributed by atoms with E-state index in [0.717, 1.165) is 17.1 Å². The summed E-state index contributed by atoms with van der Waals surface area (Å²) in [6, 6.07) is 5.78. The molecule has 0 aliphatic rings. The minimum atomic E-state index is -0.00395. The van der Waals surface area contributed by atoms with Crippen LogP contribution in [0.15, 0.2) is 29.8 Å². The predicted octanol–water partition coefficient (Wildman–Crippen LogP) is 3.06. The first kappa shape index (κ1) is 13.6. The van der Waals surface area contributed by atoms with Crippen LogP contribution in [0.3, 0.4) is 0 Å². The van der Waals surface area contributed by atoms with Gasteiger partial charge in [0.15, 0.2) is 11.5 Å². The van der Waals surface area contributed by atoms with Crippen molar-refractivity contribution in [3.8, 4) is 11.5 Å². The molecular formula is C14H21NO2. The molecule has 3 nitrogen and oxygen atoms in total. The van der Waals surface area contributed by atoms with Crippen LogP contribution in [0.4, 0.5) is 0 Å². The fourth-order valence-electron chi connectivity index (χ4n) is 1.38. The van der Waals surface area contributed by atoms with Crippen molar-refractivity contribution in [3.05, 3.63) is 35.4 Å². The maximum atomic E-state index is 5.82. The third-order valence-corrected chi connectivity index (χ3v) is 2.44. The van der Waals surface area contributed by atoms with Crippen LogP contribution < -0.4 is 15.2 Å². The second kappa shape index (κ2) is 6.30. The average molecular weight is 235 g/mol. The van der Waals surface area contributed by atoms with Crippen LogP contribution in [-0.2, 0) is 0 Å². The highest BCUT2D eigenvalue weighted by Crippen LogP contribution is 2.29. The normalized spacial score (nSPS) is 11.8. The quantitative estimate of drug-likeness (QED) is 0.798. The van der Waals surface area contributed by atoms with Gasteiger partial charge in [0.2, 0.25) is 0 Å². The van der Waals surface area contributed by atoms with E-state index >= 15 is 0 Å². The van der Waals surface area contributed by atoms with Gasteiger partial charge in [0.05, 0.1) is 7.11 Å². The molecule has 0 aliphatic heterocycles. The molecule has 0 aliphatic carbocycles. The fourth-order valence-corrected chi connectivity index (χ4v) is 1.38. The highest BCUT2D eigenvalue weighted by Gasteiger charge is 2.07. The Bertz CT molecular complexity index is 393. The molecular weight excluding hydrogens is 214 g/mol. The van der Waals surface area contributed by atoms with Gasteiger partial charge in [-0.15, -0.1) is 0 Å². The third-order valence-electron chi connectivity index (χ3n) is 2.44. The molecule has 0 saturated carbocycles. The second-order valence-corrected chi connectivity index (χ2v) is 4.29. The van der Waals surface area contributed by atoms with Gasteiger partial charge in [0.1, 0.15) is 6.61 Å². The minimum Gasteiger partial charge on any atom is -0.493 e. The van der Waals surface area contributed by atoms with E-state index in [0.29, 0.717) is 6.61 Å². The summed E-state index contributed by atoms with van der Waals surface area (Å²) in [5.41, 5.74) is 8.09. The molecule has 0 unspecified atom stereocenters. The van der Waals surface area contributed by atoms with Gasteiger partial charge in [-0.1, -0.05) is 11.6 Å². The maximum absolute atomic E-state index is 5.82. The van der Waals surface area contributed by atoms with Crippen LogP contribution in [0.5, 0.6) is 11.5 Å². The molecule has 17 heavy (non-hydrogen) atoms. The lowest BCUT2D eigenvalue weighted by molar-refractivity contribution is 0.325. The Morgan fingerprint density at radius 3 is 2.59 bits per heavy atom. The van der Waals surface area contributed by atoms with Gasteiger partial charge in [-0.3, -0.25) is 0 Å². The van der Waals surface area contributed by atoms with E-state index < -0.39 is 0 Å². The average Bonchev–Trinajstić information content (AvgIpc) is 2.28. The molecule has 0 heterocycles. The van der Waals surface area contributed by atoms with E-state index in [1.54, 1.807) is 7.11 Å². The van der Waals surface area contributed by atoms with E-state index in [1.165, 1.54) is 5.57 Å². The predicted molar refractivity (Wildman–Crippen MR) is 70.5 cm³/mol. The first-order chi connectivity index (χ1) is 8.04. The summed E-state index contributed by atoms with van der Waals surface area (Å²) in [6.07, 6.45) is 2.03. The van der Waals surface area contributed by atoms with Crippen LogP contribution >= 0.6 is 0 Å². The number of rotatable bonds is 5. The Morgan fingerprint density at radius 2 is 2.06 bits per heavy atom. The van der Waals surface area contributed by atoms with Gasteiger partial charge in [0.25, 0.3) is 0 Å². The molecule has 0 amide bonds. The Hall–Kier alpha value is -1.48. The van der Waals surface area contributed by atoms with Gasteiger partial charge < -0.3 is 15.2 Å². The largest absolute Gasteiger partial charge is 0.493 e. The first-order valence-electron chi connectivity index (χ1n) is 5.74. The molecule has 0 aromatic heterocycles. The second-order valence-electron chi connectivity index (χ2n) is 4.29. The SMILES string of the molecule is COc1cc([C@H](C)N)ccc1OCC=C(C)C. The van der Waals surface area contributed by atoms with Gasteiger partial charge >= 0.3 is 0 Å². The topological polar surface area (TPSA) is 44.5 Å². The van der Waals surface area contributed by atoms with Crippen molar-refractivity contribution in [2.45, 2.75) is 26.8 Å². The Balaban J connectivity index is 2.82. The summed E-state index contributed by atoms with van der Waals surface area (Å²) >= 11 is 0. The zero-order chi connectivity index (χ0) is 12.8. The van der Waals surface area contributed by atoms with Crippen LogP contribution in [0.25, 0.3) is 0 Å². The molecule has 0 spiro atoms. The Morgan fingerprint density at radius 1 is 1.35 bits per heavy atom. The third kappa shape index (κ3) is 4.11. The van der Waals surface area contributed by atoms with Gasteiger partial charge in [-0.25, -0.2) is 0 Å². The van der Waals surface area contributed by atoms with Crippen molar-refractivity contribution in [1.29, 1.82) is 0 Å². The minimum absolute atomic E-state index is 0.00395. The lowest BCUT2D eigenvalue weighted by Gasteiger charge is -2.12. The molecule has 0 radical (unpaired) electrons. The van der Waals surface area contributed by atoms with E-state index in [2.05, 4.69) is 0 Å². The van der Waals surface area contributed by atoms with Gasteiger partial charge in [-0.2, -0.15) is 0 Å². The molecule has 94 valence electrons.